The quantitative estimate of drug-likeness (QED) is 0.846. The van der Waals surface area contributed by atoms with Crippen LogP contribution < -0.4 is 5.73 Å². The maximum Gasteiger partial charge on any atom is 0.146 e. The van der Waals surface area contributed by atoms with Crippen LogP contribution in [0.4, 0.5) is 5.82 Å². The largest absolute Gasteiger partial charge is 0.383 e. The van der Waals surface area contributed by atoms with E-state index in [1.165, 1.54) is 36.1 Å². The van der Waals surface area contributed by atoms with Crippen molar-refractivity contribution in [3.05, 3.63) is 16.3 Å². The van der Waals surface area contributed by atoms with Gasteiger partial charge in [0.15, 0.2) is 0 Å². The number of aromatic nitrogens is 2. The van der Waals surface area contributed by atoms with Gasteiger partial charge in [-0.05, 0) is 45.1 Å². The Hall–Kier alpha value is -1.24. The second-order valence-corrected chi connectivity index (χ2v) is 8.30. The van der Waals surface area contributed by atoms with Gasteiger partial charge in [0, 0.05) is 18.0 Å². The van der Waals surface area contributed by atoms with Gasteiger partial charge < -0.3 is 10.5 Å². The number of hydrogen-bond acceptors (Lipinski definition) is 6. The lowest BCUT2D eigenvalue weighted by Crippen LogP contribution is -2.45. The highest BCUT2D eigenvalue weighted by atomic mass is 32.1. The SMILES string of the molecule is C[C@@H]1CN(Cc2nc(N)c3c4c(sc3n2)CCCCC4)C[C@H](C)O1. The summed E-state index contributed by atoms with van der Waals surface area (Å²) in [5.74, 6) is 1.52. The molecule has 2 N–H and O–H groups in total. The van der Waals surface area contributed by atoms with Crippen molar-refractivity contribution >= 4 is 27.4 Å². The number of nitrogens with zero attached hydrogens (tertiary/aromatic N) is 3. The number of nitrogen functional groups attached to an aromatic ring is 1. The van der Waals surface area contributed by atoms with Crippen LogP contribution >= 0.6 is 11.3 Å². The Morgan fingerprint density at radius 1 is 1.12 bits per heavy atom. The molecular weight excluding hydrogens is 320 g/mol. The van der Waals surface area contributed by atoms with E-state index in [4.69, 9.17) is 15.5 Å². The van der Waals surface area contributed by atoms with Gasteiger partial charge in [-0.2, -0.15) is 0 Å². The Kier molecular flexibility index (Phi) is 4.45. The molecule has 0 saturated carbocycles. The molecule has 1 saturated heterocycles. The van der Waals surface area contributed by atoms with Crippen LogP contribution in [0.15, 0.2) is 0 Å². The molecule has 3 heterocycles. The summed E-state index contributed by atoms with van der Waals surface area (Å²) in [7, 11) is 0. The van der Waals surface area contributed by atoms with Gasteiger partial charge in [-0.1, -0.05) is 6.42 Å². The van der Waals surface area contributed by atoms with Crippen LogP contribution in [0.3, 0.4) is 0 Å². The van der Waals surface area contributed by atoms with Crippen molar-refractivity contribution in [2.45, 2.75) is 64.7 Å². The molecule has 2 aliphatic rings. The molecule has 0 bridgehead atoms. The van der Waals surface area contributed by atoms with Gasteiger partial charge in [0.25, 0.3) is 0 Å². The van der Waals surface area contributed by atoms with Crippen LogP contribution in [0, 0.1) is 0 Å². The van der Waals surface area contributed by atoms with E-state index in [9.17, 15) is 0 Å². The molecule has 5 nitrogen and oxygen atoms in total. The first-order valence-electron chi connectivity index (χ1n) is 9.04. The summed E-state index contributed by atoms with van der Waals surface area (Å²) in [6.07, 6.45) is 6.66. The maximum atomic E-state index is 6.35. The van der Waals surface area contributed by atoms with Crippen molar-refractivity contribution in [2.24, 2.45) is 0 Å². The van der Waals surface area contributed by atoms with Crippen molar-refractivity contribution in [1.82, 2.24) is 14.9 Å². The van der Waals surface area contributed by atoms with Gasteiger partial charge in [0.1, 0.15) is 16.5 Å². The molecule has 4 rings (SSSR count). The van der Waals surface area contributed by atoms with E-state index in [2.05, 4.69) is 23.7 Å². The first kappa shape index (κ1) is 16.2. The number of ether oxygens (including phenoxy) is 1. The summed E-state index contributed by atoms with van der Waals surface area (Å²) in [6.45, 7) is 6.84. The molecule has 0 aromatic carbocycles. The van der Waals surface area contributed by atoms with Crippen LogP contribution in [0.1, 0.15) is 49.4 Å². The minimum Gasteiger partial charge on any atom is -0.383 e. The fourth-order valence-corrected chi connectivity index (χ4v) is 5.38. The van der Waals surface area contributed by atoms with Crippen LogP contribution in [-0.2, 0) is 24.1 Å². The smallest absolute Gasteiger partial charge is 0.146 e. The summed E-state index contributed by atoms with van der Waals surface area (Å²) in [4.78, 5) is 14.4. The van der Waals surface area contributed by atoms with Crippen LogP contribution in [0.25, 0.3) is 10.2 Å². The zero-order chi connectivity index (χ0) is 16.7. The van der Waals surface area contributed by atoms with E-state index < -0.39 is 0 Å². The number of rotatable bonds is 2. The normalized spacial score (nSPS) is 25.6. The van der Waals surface area contributed by atoms with Gasteiger partial charge in [-0.25, -0.2) is 9.97 Å². The highest BCUT2D eigenvalue weighted by molar-refractivity contribution is 7.19. The average Bonchev–Trinajstić information content (AvgIpc) is 2.69. The van der Waals surface area contributed by atoms with Gasteiger partial charge in [-0.3, -0.25) is 4.90 Å². The maximum absolute atomic E-state index is 6.35. The molecule has 2 atom stereocenters. The molecule has 0 unspecified atom stereocenters. The summed E-state index contributed by atoms with van der Waals surface area (Å²) < 4.78 is 5.81. The molecular formula is C18H26N4OS. The predicted molar refractivity (Wildman–Crippen MR) is 98.4 cm³/mol. The monoisotopic (exact) mass is 346 g/mol. The summed E-state index contributed by atoms with van der Waals surface area (Å²) in [6, 6.07) is 0. The lowest BCUT2D eigenvalue weighted by atomic mass is 10.1. The Bertz CT molecular complexity index is 734. The summed E-state index contributed by atoms with van der Waals surface area (Å²) in [5, 5.41) is 1.13. The fourth-order valence-electron chi connectivity index (χ4n) is 4.09. The molecule has 0 amide bonds. The Labute approximate surface area is 147 Å². The lowest BCUT2D eigenvalue weighted by molar-refractivity contribution is -0.0710. The minimum atomic E-state index is 0.257. The first-order valence-corrected chi connectivity index (χ1v) is 9.86. The minimum absolute atomic E-state index is 0.257. The number of anilines is 1. The van der Waals surface area contributed by atoms with Gasteiger partial charge in [0.2, 0.25) is 0 Å². The standard InChI is InChI=1S/C18H26N4OS/c1-11-8-22(9-12(2)23-11)10-15-20-17(19)16-13-6-4-3-5-7-14(13)24-18(16)21-15/h11-12H,3-10H2,1-2H3,(H2,19,20,21)/t11-,12+. The number of morpholine rings is 1. The second kappa shape index (κ2) is 6.58. The van der Waals surface area contributed by atoms with Gasteiger partial charge in [0.05, 0.1) is 24.1 Å². The first-order chi connectivity index (χ1) is 11.6. The molecule has 6 heteroatoms. The summed E-state index contributed by atoms with van der Waals surface area (Å²) in [5.41, 5.74) is 7.77. The predicted octanol–water partition coefficient (Wildman–Crippen LogP) is 3.15. The van der Waals surface area contributed by atoms with E-state index in [0.717, 1.165) is 42.1 Å². The van der Waals surface area contributed by atoms with Crippen molar-refractivity contribution < 1.29 is 4.74 Å². The van der Waals surface area contributed by atoms with Gasteiger partial charge >= 0.3 is 0 Å². The number of fused-ring (bicyclic) bond motifs is 3. The number of hydrogen-bond donors (Lipinski definition) is 1. The van der Waals surface area contributed by atoms with E-state index >= 15 is 0 Å². The van der Waals surface area contributed by atoms with Crippen molar-refractivity contribution in [3.63, 3.8) is 0 Å². The van der Waals surface area contributed by atoms with Crippen molar-refractivity contribution in [1.29, 1.82) is 0 Å². The molecule has 1 fully saturated rings. The van der Waals surface area contributed by atoms with Gasteiger partial charge in [-0.15, -0.1) is 11.3 Å². The fraction of sp³-hybridized carbons (Fsp3) is 0.667. The number of nitrogens with two attached hydrogens (primary N) is 1. The zero-order valence-corrected chi connectivity index (χ0v) is 15.4. The topological polar surface area (TPSA) is 64.3 Å². The third-order valence-electron chi connectivity index (χ3n) is 5.00. The molecule has 0 spiro atoms. The third kappa shape index (κ3) is 3.15. The Morgan fingerprint density at radius 2 is 1.88 bits per heavy atom. The second-order valence-electron chi connectivity index (χ2n) is 7.22. The highest BCUT2D eigenvalue weighted by Gasteiger charge is 2.24. The zero-order valence-electron chi connectivity index (χ0n) is 14.5. The van der Waals surface area contributed by atoms with E-state index in [1.54, 1.807) is 0 Å². The molecule has 130 valence electrons. The van der Waals surface area contributed by atoms with E-state index in [-0.39, 0.29) is 12.2 Å². The Balaban J connectivity index is 1.63. The highest BCUT2D eigenvalue weighted by Crippen LogP contribution is 2.37. The molecule has 1 aliphatic carbocycles. The van der Waals surface area contributed by atoms with E-state index in [1.807, 2.05) is 11.3 Å². The molecule has 24 heavy (non-hydrogen) atoms. The molecule has 2 aromatic heterocycles. The molecule has 1 aliphatic heterocycles. The molecule has 2 aromatic rings. The number of thiophene rings is 1. The third-order valence-corrected chi connectivity index (χ3v) is 6.18. The van der Waals surface area contributed by atoms with E-state index in [0.29, 0.717) is 5.82 Å². The molecule has 0 radical (unpaired) electrons. The van der Waals surface area contributed by atoms with Crippen LogP contribution in [0.2, 0.25) is 0 Å². The number of aryl methyl sites for hydroxylation is 2. The average molecular weight is 347 g/mol. The van der Waals surface area contributed by atoms with Crippen molar-refractivity contribution in [2.75, 3.05) is 18.8 Å². The van der Waals surface area contributed by atoms with Crippen LogP contribution in [-0.4, -0.2) is 40.2 Å². The van der Waals surface area contributed by atoms with Crippen LogP contribution in [0.5, 0.6) is 0 Å². The van der Waals surface area contributed by atoms with Crippen molar-refractivity contribution in [3.8, 4) is 0 Å². The lowest BCUT2D eigenvalue weighted by Gasteiger charge is -2.34. The summed E-state index contributed by atoms with van der Waals surface area (Å²) >= 11 is 1.83. The Morgan fingerprint density at radius 3 is 2.67 bits per heavy atom.